The summed E-state index contributed by atoms with van der Waals surface area (Å²) in [7, 11) is 0. The number of carbonyl (C=O) groups excluding carboxylic acids is 1. The third kappa shape index (κ3) is 3.19. The molecule has 0 spiro atoms. The van der Waals surface area contributed by atoms with Crippen LogP contribution in [0.1, 0.15) is 49.3 Å². The number of anilines is 1. The van der Waals surface area contributed by atoms with Crippen LogP contribution in [0.5, 0.6) is 0 Å². The van der Waals surface area contributed by atoms with Crippen LogP contribution in [0.3, 0.4) is 0 Å². The van der Waals surface area contributed by atoms with Crippen LogP contribution in [0, 0.1) is 5.41 Å². The SMILES string of the molecule is CCCC1(CNC(=O)c2nnc(NCC)s2)CC1. The van der Waals surface area contributed by atoms with Gasteiger partial charge in [0, 0.05) is 13.1 Å². The molecule has 2 N–H and O–H groups in total. The highest BCUT2D eigenvalue weighted by molar-refractivity contribution is 7.17. The van der Waals surface area contributed by atoms with Gasteiger partial charge in [-0.2, -0.15) is 0 Å². The fourth-order valence-corrected chi connectivity index (χ4v) is 2.83. The van der Waals surface area contributed by atoms with E-state index in [1.807, 2.05) is 6.92 Å². The normalized spacial score (nSPS) is 16.3. The third-order valence-electron chi connectivity index (χ3n) is 3.31. The van der Waals surface area contributed by atoms with Gasteiger partial charge in [-0.3, -0.25) is 4.79 Å². The Kier molecular flexibility index (Phi) is 4.16. The highest BCUT2D eigenvalue weighted by Crippen LogP contribution is 2.48. The lowest BCUT2D eigenvalue weighted by molar-refractivity contribution is 0.0942. The van der Waals surface area contributed by atoms with Gasteiger partial charge in [-0.05, 0) is 31.6 Å². The topological polar surface area (TPSA) is 66.9 Å². The number of carbonyl (C=O) groups is 1. The van der Waals surface area contributed by atoms with E-state index < -0.39 is 0 Å². The average molecular weight is 268 g/mol. The number of nitrogens with one attached hydrogen (secondary N) is 2. The van der Waals surface area contributed by atoms with Crippen molar-refractivity contribution in [1.82, 2.24) is 15.5 Å². The third-order valence-corrected chi connectivity index (χ3v) is 4.19. The molecule has 1 aromatic heterocycles. The quantitative estimate of drug-likeness (QED) is 0.796. The molecule has 1 aliphatic rings. The molecule has 0 unspecified atom stereocenters. The molecule has 0 aromatic carbocycles. The van der Waals surface area contributed by atoms with Crippen LogP contribution >= 0.6 is 11.3 Å². The van der Waals surface area contributed by atoms with Gasteiger partial charge in [0.2, 0.25) is 10.1 Å². The van der Waals surface area contributed by atoms with Crippen molar-refractivity contribution >= 4 is 22.4 Å². The minimum absolute atomic E-state index is 0.0981. The maximum Gasteiger partial charge on any atom is 0.282 e. The lowest BCUT2D eigenvalue weighted by Crippen LogP contribution is -2.30. The average Bonchev–Trinajstić information content (AvgIpc) is 2.96. The van der Waals surface area contributed by atoms with Crippen LogP contribution in [0.4, 0.5) is 5.13 Å². The van der Waals surface area contributed by atoms with E-state index in [9.17, 15) is 4.79 Å². The van der Waals surface area contributed by atoms with Crippen LogP contribution < -0.4 is 10.6 Å². The highest BCUT2D eigenvalue weighted by atomic mass is 32.1. The lowest BCUT2D eigenvalue weighted by Gasteiger charge is -2.13. The zero-order chi connectivity index (χ0) is 13.0. The van der Waals surface area contributed by atoms with Crippen LogP contribution in [0.2, 0.25) is 0 Å². The molecular weight excluding hydrogens is 248 g/mol. The Labute approximate surface area is 111 Å². The Morgan fingerprint density at radius 1 is 1.39 bits per heavy atom. The van der Waals surface area contributed by atoms with E-state index in [0.29, 0.717) is 15.6 Å². The van der Waals surface area contributed by atoms with Gasteiger partial charge in [0.15, 0.2) is 0 Å². The monoisotopic (exact) mass is 268 g/mol. The summed E-state index contributed by atoms with van der Waals surface area (Å²) in [4.78, 5) is 11.9. The van der Waals surface area contributed by atoms with Crippen LogP contribution in [0.15, 0.2) is 0 Å². The van der Waals surface area contributed by atoms with Crippen molar-refractivity contribution < 1.29 is 4.79 Å². The second-order valence-electron chi connectivity index (χ2n) is 4.88. The predicted octanol–water partition coefficient (Wildman–Crippen LogP) is 2.28. The molecule has 2 rings (SSSR count). The van der Waals surface area contributed by atoms with E-state index in [-0.39, 0.29) is 5.91 Å². The molecule has 18 heavy (non-hydrogen) atoms. The first kappa shape index (κ1) is 13.3. The number of aromatic nitrogens is 2. The van der Waals surface area contributed by atoms with Gasteiger partial charge in [-0.1, -0.05) is 24.7 Å². The molecule has 1 heterocycles. The fraction of sp³-hybridized carbons (Fsp3) is 0.750. The maximum atomic E-state index is 11.9. The first-order chi connectivity index (χ1) is 8.69. The predicted molar refractivity (Wildman–Crippen MR) is 73.0 cm³/mol. The Morgan fingerprint density at radius 3 is 2.78 bits per heavy atom. The van der Waals surface area contributed by atoms with E-state index in [1.165, 1.54) is 37.0 Å². The molecule has 1 aliphatic carbocycles. The summed E-state index contributed by atoms with van der Waals surface area (Å²) in [5.74, 6) is -0.0981. The Hall–Kier alpha value is -1.17. The zero-order valence-electron chi connectivity index (χ0n) is 11.0. The first-order valence-corrected chi connectivity index (χ1v) is 7.36. The smallest absolute Gasteiger partial charge is 0.282 e. The molecule has 1 amide bonds. The molecule has 0 aliphatic heterocycles. The van der Waals surface area contributed by atoms with E-state index in [1.54, 1.807) is 0 Å². The Balaban J connectivity index is 1.83. The summed E-state index contributed by atoms with van der Waals surface area (Å²) in [5, 5.41) is 15.0. The summed E-state index contributed by atoms with van der Waals surface area (Å²) >= 11 is 1.30. The van der Waals surface area contributed by atoms with Crippen molar-refractivity contribution in [1.29, 1.82) is 0 Å². The molecular formula is C12H20N4OS. The summed E-state index contributed by atoms with van der Waals surface area (Å²) < 4.78 is 0. The van der Waals surface area contributed by atoms with Gasteiger partial charge in [-0.25, -0.2) is 0 Å². The van der Waals surface area contributed by atoms with Crippen LogP contribution in [-0.4, -0.2) is 29.2 Å². The molecule has 1 fully saturated rings. The van der Waals surface area contributed by atoms with Gasteiger partial charge in [-0.15, -0.1) is 10.2 Å². The number of nitrogens with zero attached hydrogens (tertiary/aromatic N) is 2. The van der Waals surface area contributed by atoms with Crippen LogP contribution in [0.25, 0.3) is 0 Å². The minimum Gasteiger partial charge on any atom is -0.360 e. The molecule has 0 saturated heterocycles. The van der Waals surface area contributed by atoms with Crippen molar-refractivity contribution in [2.45, 2.75) is 39.5 Å². The first-order valence-electron chi connectivity index (χ1n) is 6.55. The summed E-state index contributed by atoms with van der Waals surface area (Å²) in [5.41, 5.74) is 0.375. The fourth-order valence-electron chi connectivity index (χ4n) is 2.10. The second kappa shape index (κ2) is 5.65. The van der Waals surface area contributed by atoms with Crippen molar-refractivity contribution in [2.24, 2.45) is 5.41 Å². The number of hydrogen-bond acceptors (Lipinski definition) is 5. The van der Waals surface area contributed by atoms with E-state index in [2.05, 4.69) is 27.8 Å². The Morgan fingerprint density at radius 2 is 2.17 bits per heavy atom. The van der Waals surface area contributed by atoms with Crippen molar-refractivity contribution in [3.8, 4) is 0 Å². The molecule has 5 nitrogen and oxygen atoms in total. The second-order valence-corrected chi connectivity index (χ2v) is 5.85. The lowest BCUT2D eigenvalue weighted by atomic mass is 10.0. The van der Waals surface area contributed by atoms with E-state index >= 15 is 0 Å². The Bertz CT molecular complexity index is 414. The van der Waals surface area contributed by atoms with Gasteiger partial charge in [0.1, 0.15) is 0 Å². The van der Waals surface area contributed by atoms with E-state index in [4.69, 9.17) is 0 Å². The summed E-state index contributed by atoms with van der Waals surface area (Å²) in [6.45, 7) is 5.74. The number of hydrogen-bond donors (Lipinski definition) is 2. The molecule has 100 valence electrons. The molecule has 6 heteroatoms. The van der Waals surface area contributed by atoms with Gasteiger partial charge in [0.05, 0.1) is 0 Å². The molecule has 1 aromatic rings. The number of rotatable bonds is 7. The summed E-state index contributed by atoms with van der Waals surface area (Å²) in [6.07, 6.45) is 4.85. The van der Waals surface area contributed by atoms with Gasteiger partial charge in [0.25, 0.3) is 5.91 Å². The molecule has 0 radical (unpaired) electrons. The van der Waals surface area contributed by atoms with Gasteiger partial charge >= 0.3 is 0 Å². The zero-order valence-corrected chi connectivity index (χ0v) is 11.8. The van der Waals surface area contributed by atoms with Crippen molar-refractivity contribution in [3.05, 3.63) is 5.01 Å². The van der Waals surface area contributed by atoms with Crippen molar-refractivity contribution in [2.75, 3.05) is 18.4 Å². The van der Waals surface area contributed by atoms with Crippen LogP contribution in [-0.2, 0) is 0 Å². The minimum atomic E-state index is -0.0981. The molecule has 1 saturated carbocycles. The highest BCUT2D eigenvalue weighted by Gasteiger charge is 2.41. The summed E-state index contributed by atoms with van der Waals surface area (Å²) in [6, 6.07) is 0. The number of amides is 1. The van der Waals surface area contributed by atoms with E-state index in [0.717, 1.165) is 13.1 Å². The molecule has 0 bridgehead atoms. The largest absolute Gasteiger partial charge is 0.360 e. The maximum absolute atomic E-state index is 11.9. The van der Waals surface area contributed by atoms with Gasteiger partial charge < -0.3 is 10.6 Å². The standard InChI is InChI=1S/C12H20N4OS/c1-3-5-12(6-7-12)8-14-9(17)10-15-16-11(18-10)13-4-2/h3-8H2,1-2H3,(H,13,16)(H,14,17). The van der Waals surface area contributed by atoms with Crippen molar-refractivity contribution in [3.63, 3.8) is 0 Å². The molecule has 0 atom stereocenters.